The number of nitrogens with zero attached hydrogens (tertiary/aromatic N) is 1. The molecule has 3 rings (SSSR count). The first kappa shape index (κ1) is 18.6. The average Bonchev–Trinajstić information content (AvgIpc) is 3.21. The van der Waals surface area contributed by atoms with Gasteiger partial charge in [-0.3, -0.25) is 9.78 Å². The summed E-state index contributed by atoms with van der Waals surface area (Å²) in [5.74, 6) is 1.44. The molecule has 0 aliphatic rings. The summed E-state index contributed by atoms with van der Waals surface area (Å²) < 4.78 is 15.8. The van der Waals surface area contributed by atoms with Gasteiger partial charge in [0.15, 0.2) is 0 Å². The smallest absolute Gasteiger partial charge is 0.253 e. The normalized spacial score (nSPS) is 10.3. The number of hydrogen-bond donors (Lipinski definition) is 2. The second kappa shape index (κ2) is 8.46. The predicted molar refractivity (Wildman–Crippen MR) is 102 cm³/mol. The number of aromatic nitrogens is 1. The number of amides is 1. The third-order valence-corrected chi connectivity index (χ3v) is 4.05. The molecule has 2 N–H and O–H groups in total. The third-order valence-electron chi connectivity index (χ3n) is 3.76. The highest BCUT2D eigenvalue weighted by atomic mass is 35.5. The average molecular weight is 388 g/mol. The molecule has 7 nitrogen and oxygen atoms in total. The number of ether oxygens (including phenoxy) is 2. The molecule has 0 fully saturated rings. The van der Waals surface area contributed by atoms with Gasteiger partial charge >= 0.3 is 0 Å². The molecule has 0 atom stereocenters. The van der Waals surface area contributed by atoms with Crippen LogP contribution in [0.1, 0.15) is 16.1 Å². The lowest BCUT2D eigenvalue weighted by atomic mass is 10.2. The molecule has 1 aromatic carbocycles. The molecule has 27 heavy (non-hydrogen) atoms. The van der Waals surface area contributed by atoms with Crippen molar-refractivity contribution in [3.63, 3.8) is 0 Å². The van der Waals surface area contributed by atoms with Gasteiger partial charge in [0.2, 0.25) is 0 Å². The minimum Gasteiger partial charge on any atom is -0.495 e. The van der Waals surface area contributed by atoms with Crippen molar-refractivity contribution in [1.29, 1.82) is 0 Å². The van der Waals surface area contributed by atoms with E-state index in [1.54, 1.807) is 49.9 Å². The van der Waals surface area contributed by atoms with Crippen LogP contribution in [0.25, 0.3) is 0 Å². The first-order valence-corrected chi connectivity index (χ1v) is 8.42. The summed E-state index contributed by atoms with van der Waals surface area (Å²) >= 11 is 6.12. The first-order chi connectivity index (χ1) is 13.1. The van der Waals surface area contributed by atoms with Crippen LogP contribution in [-0.2, 0) is 6.54 Å². The number of methoxy groups -OCH3 is 2. The summed E-state index contributed by atoms with van der Waals surface area (Å²) in [6.07, 6.45) is 4.65. The summed E-state index contributed by atoms with van der Waals surface area (Å²) in [7, 11) is 3.07. The Morgan fingerprint density at radius 1 is 1.19 bits per heavy atom. The molecular weight excluding hydrogens is 370 g/mol. The number of hydrogen-bond acceptors (Lipinski definition) is 6. The second-order valence-electron chi connectivity index (χ2n) is 5.54. The fraction of sp³-hybridized carbons (Fsp3) is 0.158. The number of halogens is 1. The number of nitrogens with one attached hydrogen (secondary N) is 2. The van der Waals surface area contributed by atoms with Gasteiger partial charge in [0, 0.05) is 18.3 Å². The lowest BCUT2D eigenvalue weighted by molar-refractivity contribution is 0.0947. The van der Waals surface area contributed by atoms with Crippen LogP contribution in [0, 0.1) is 0 Å². The summed E-state index contributed by atoms with van der Waals surface area (Å²) in [5, 5.41) is 6.38. The lowest BCUT2D eigenvalue weighted by Gasteiger charge is -2.14. The SMILES string of the molecule is COc1cc(Nc2cncc(C(=O)NCc3ccco3)c2)c(OC)cc1Cl. The standard InChI is InChI=1S/C19H18ClN3O4/c1-25-17-8-16(18(26-2)7-15(17)20)23-13-6-12(9-21-10-13)19(24)22-11-14-4-3-5-27-14/h3-10,23H,11H2,1-2H3,(H,22,24). The number of anilines is 2. The molecule has 8 heteroatoms. The van der Waals surface area contributed by atoms with Gasteiger partial charge in [-0.25, -0.2) is 0 Å². The Morgan fingerprint density at radius 2 is 2.00 bits per heavy atom. The number of furan rings is 1. The van der Waals surface area contributed by atoms with E-state index in [1.807, 2.05) is 0 Å². The lowest BCUT2D eigenvalue weighted by Crippen LogP contribution is -2.22. The fourth-order valence-corrected chi connectivity index (χ4v) is 2.66. The maximum absolute atomic E-state index is 12.3. The van der Waals surface area contributed by atoms with Crippen molar-refractivity contribution in [3.05, 3.63) is 65.3 Å². The Kier molecular flexibility index (Phi) is 5.83. The van der Waals surface area contributed by atoms with Crippen LogP contribution < -0.4 is 20.1 Å². The number of carbonyl (C=O) groups is 1. The minimum absolute atomic E-state index is 0.261. The van der Waals surface area contributed by atoms with Gasteiger partial charge in [0.05, 0.1) is 55.2 Å². The van der Waals surface area contributed by atoms with Gasteiger partial charge in [-0.05, 0) is 18.2 Å². The Balaban J connectivity index is 1.76. The molecule has 0 spiro atoms. The van der Waals surface area contributed by atoms with Gasteiger partial charge in [0.1, 0.15) is 17.3 Å². The van der Waals surface area contributed by atoms with Gasteiger partial charge in [-0.15, -0.1) is 0 Å². The van der Waals surface area contributed by atoms with Crippen LogP contribution in [-0.4, -0.2) is 25.1 Å². The van der Waals surface area contributed by atoms with Crippen LogP contribution in [0.3, 0.4) is 0 Å². The van der Waals surface area contributed by atoms with E-state index in [0.717, 1.165) is 0 Å². The number of rotatable bonds is 7. The molecule has 0 radical (unpaired) electrons. The Labute approximate surface area is 161 Å². The van der Waals surface area contributed by atoms with E-state index in [1.165, 1.54) is 13.3 Å². The zero-order valence-corrected chi connectivity index (χ0v) is 15.5. The van der Waals surface area contributed by atoms with E-state index in [-0.39, 0.29) is 5.91 Å². The molecule has 3 aromatic rings. The monoisotopic (exact) mass is 387 g/mol. The largest absolute Gasteiger partial charge is 0.495 e. The molecule has 0 saturated heterocycles. The van der Waals surface area contributed by atoms with Gasteiger partial charge in [-0.2, -0.15) is 0 Å². The maximum atomic E-state index is 12.3. The van der Waals surface area contributed by atoms with Gasteiger partial charge in [0.25, 0.3) is 5.91 Å². The van der Waals surface area contributed by atoms with E-state index >= 15 is 0 Å². The van der Waals surface area contributed by atoms with Gasteiger partial charge in [-0.1, -0.05) is 11.6 Å². The van der Waals surface area contributed by atoms with Crippen LogP contribution in [0.2, 0.25) is 5.02 Å². The fourth-order valence-electron chi connectivity index (χ4n) is 2.43. The van der Waals surface area contributed by atoms with Crippen molar-refractivity contribution >= 4 is 28.9 Å². The second-order valence-corrected chi connectivity index (χ2v) is 5.94. The molecule has 140 valence electrons. The topological polar surface area (TPSA) is 85.6 Å². The number of pyridine rings is 1. The number of carbonyl (C=O) groups excluding carboxylic acids is 1. The van der Waals surface area contributed by atoms with Crippen molar-refractivity contribution in [2.45, 2.75) is 6.54 Å². The molecule has 1 amide bonds. The molecule has 2 heterocycles. The molecule has 0 unspecified atom stereocenters. The summed E-state index contributed by atoms with van der Waals surface area (Å²) in [4.78, 5) is 16.4. The highest BCUT2D eigenvalue weighted by Gasteiger charge is 2.12. The third kappa shape index (κ3) is 4.51. The molecule has 0 saturated carbocycles. The first-order valence-electron chi connectivity index (χ1n) is 8.05. The van der Waals surface area contributed by atoms with Crippen molar-refractivity contribution in [2.24, 2.45) is 0 Å². The van der Waals surface area contributed by atoms with Crippen molar-refractivity contribution < 1.29 is 18.7 Å². The van der Waals surface area contributed by atoms with Crippen molar-refractivity contribution in [1.82, 2.24) is 10.3 Å². The van der Waals surface area contributed by atoms with Crippen molar-refractivity contribution in [3.8, 4) is 11.5 Å². The highest BCUT2D eigenvalue weighted by Crippen LogP contribution is 2.37. The molecule has 0 bridgehead atoms. The molecular formula is C19H18ClN3O4. The molecule has 0 aliphatic carbocycles. The van der Waals surface area contributed by atoms with E-state index in [2.05, 4.69) is 15.6 Å². The maximum Gasteiger partial charge on any atom is 0.253 e. The van der Waals surface area contributed by atoms with E-state index in [0.29, 0.717) is 45.8 Å². The quantitative estimate of drug-likeness (QED) is 0.636. The van der Waals surface area contributed by atoms with Crippen molar-refractivity contribution in [2.75, 3.05) is 19.5 Å². The predicted octanol–water partition coefficient (Wildman–Crippen LogP) is 4.02. The minimum atomic E-state index is -0.261. The van der Waals surface area contributed by atoms with Crippen LogP contribution in [0.5, 0.6) is 11.5 Å². The Hall–Kier alpha value is -3.19. The zero-order valence-electron chi connectivity index (χ0n) is 14.8. The van der Waals surface area contributed by atoms with E-state index < -0.39 is 0 Å². The van der Waals surface area contributed by atoms with Crippen LogP contribution >= 0.6 is 11.6 Å². The highest BCUT2D eigenvalue weighted by molar-refractivity contribution is 6.32. The summed E-state index contributed by atoms with van der Waals surface area (Å²) in [6, 6.07) is 8.60. The molecule has 0 aliphatic heterocycles. The van der Waals surface area contributed by atoms with E-state index in [4.69, 9.17) is 25.5 Å². The zero-order chi connectivity index (χ0) is 19.2. The van der Waals surface area contributed by atoms with Gasteiger partial charge < -0.3 is 24.5 Å². The molecule has 2 aromatic heterocycles. The Morgan fingerprint density at radius 3 is 2.70 bits per heavy atom. The summed E-state index contributed by atoms with van der Waals surface area (Å²) in [6.45, 7) is 0.297. The summed E-state index contributed by atoms with van der Waals surface area (Å²) in [5.41, 5.74) is 1.66. The van der Waals surface area contributed by atoms with Crippen LogP contribution in [0.4, 0.5) is 11.4 Å². The van der Waals surface area contributed by atoms with Crippen LogP contribution in [0.15, 0.2) is 53.4 Å². The number of benzene rings is 1. The van der Waals surface area contributed by atoms with E-state index in [9.17, 15) is 4.79 Å². The Bertz CT molecular complexity index is 929.